The summed E-state index contributed by atoms with van der Waals surface area (Å²) in [6.07, 6.45) is 5.58. The first-order valence-corrected chi connectivity index (χ1v) is 14.5. The van der Waals surface area contributed by atoms with Gasteiger partial charge in [-0.1, -0.05) is 66.5 Å². The minimum absolute atomic E-state index is 0.0108. The molecule has 1 saturated carbocycles. The molecule has 2 atom stereocenters. The Kier molecular flexibility index (Phi) is 8.86. The molecule has 0 amide bonds. The molecule has 194 valence electrons. The van der Waals surface area contributed by atoms with Crippen molar-refractivity contribution in [3.8, 4) is 0 Å². The van der Waals surface area contributed by atoms with E-state index in [1.807, 2.05) is 31.1 Å². The monoisotopic (exact) mass is 500 g/mol. The van der Waals surface area contributed by atoms with E-state index in [1.54, 1.807) is 6.20 Å². The van der Waals surface area contributed by atoms with Crippen LogP contribution in [0, 0.1) is 0 Å². The van der Waals surface area contributed by atoms with Gasteiger partial charge < -0.3 is 10.2 Å². The average molecular weight is 501 g/mol. The molecule has 1 fully saturated rings. The van der Waals surface area contributed by atoms with Crippen LogP contribution in [0.4, 0.5) is 11.5 Å². The van der Waals surface area contributed by atoms with Crippen LogP contribution in [0.3, 0.4) is 0 Å². The number of rotatable bonds is 9. The van der Waals surface area contributed by atoms with Gasteiger partial charge in [-0.3, -0.25) is 0 Å². The first-order chi connectivity index (χ1) is 16.4. The Labute approximate surface area is 213 Å². The van der Waals surface area contributed by atoms with E-state index in [-0.39, 0.29) is 23.9 Å². The Morgan fingerprint density at radius 1 is 0.886 bits per heavy atom. The highest BCUT2D eigenvalue weighted by Crippen LogP contribution is 2.36. The molecule has 1 aliphatic rings. The Balaban J connectivity index is 1.96. The van der Waals surface area contributed by atoms with Crippen LogP contribution in [0.15, 0.2) is 35.4 Å². The summed E-state index contributed by atoms with van der Waals surface area (Å²) in [6, 6.07) is 7.98. The molecule has 1 aromatic heterocycles. The van der Waals surface area contributed by atoms with Gasteiger partial charge in [-0.25, -0.2) is 18.1 Å². The van der Waals surface area contributed by atoms with Gasteiger partial charge in [0.15, 0.2) is 0 Å². The molecule has 6 nitrogen and oxygen atoms in total. The van der Waals surface area contributed by atoms with Crippen molar-refractivity contribution in [2.75, 3.05) is 24.3 Å². The number of pyridine rings is 1. The third kappa shape index (κ3) is 6.56. The van der Waals surface area contributed by atoms with E-state index in [9.17, 15) is 8.42 Å². The second-order valence-electron chi connectivity index (χ2n) is 11.0. The van der Waals surface area contributed by atoms with Crippen LogP contribution in [0.5, 0.6) is 0 Å². The van der Waals surface area contributed by atoms with E-state index in [2.05, 4.69) is 68.7 Å². The van der Waals surface area contributed by atoms with E-state index in [1.165, 1.54) is 5.56 Å². The molecule has 0 radical (unpaired) electrons. The largest absolute Gasteiger partial charge is 0.378 e. The van der Waals surface area contributed by atoms with Gasteiger partial charge in [-0.15, -0.1) is 0 Å². The molecule has 0 aliphatic heterocycles. The maximum atomic E-state index is 14.0. The summed E-state index contributed by atoms with van der Waals surface area (Å²) in [5.74, 6) is 1.33. The predicted molar refractivity (Wildman–Crippen MR) is 147 cm³/mol. The van der Waals surface area contributed by atoms with Crippen molar-refractivity contribution in [2.45, 2.75) is 102 Å². The van der Waals surface area contributed by atoms with Crippen molar-refractivity contribution < 1.29 is 8.42 Å². The Hall–Kier alpha value is -2.12. The van der Waals surface area contributed by atoms with E-state index in [4.69, 9.17) is 0 Å². The first kappa shape index (κ1) is 27.5. The van der Waals surface area contributed by atoms with Crippen LogP contribution in [0.1, 0.15) is 102 Å². The third-order valence-electron chi connectivity index (χ3n) is 7.01. The van der Waals surface area contributed by atoms with Crippen LogP contribution in [0.2, 0.25) is 0 Å². The fourth-order valence-electron chi connectivity index (χ4n) is 4.87. The lowest BCUT2D eigenvalue weighted by molar-refractivity contribution is 0.378. The van der Waals surface area contributed by atoms with E-state index in [0.29, 0.717) is 10.8 Å². The molecule has 3 rings (SSSR count). The van der Waals surface area contributed by atoms with Gasteiger partial charge in [0.05, 0.1) is 4.90 Å². The quantitative estimate of drug-likeness (QED) is 0.428. The number of anilines is 2. The zero-order chi connectivity index (χ0) is 25.9. The van der Waals surface area contributed by atoms with Crippen LogP contribution in [-0.4, -0.2) is 39.6 Å². The SMILES string of the molecule is CC(C)c1cc(C(C)C)c(S(=O)(=O)NC2CCCCC2Nc2cc(N(C)C)ccn2)c(C(C)C)c1. The number of nitrogens with zero attached hydrogens (tertiary/aromatic N) is 2. The summed E-state index contributed by atoms with van der Waals surface area (Å²) in [6.45, 7) is 12.6. The van der Waals surface area contributed by atoms with Crippen molar-refractivity contribution in [1.29, 1.82) is 0 Å². The molecular weight excluding hydrogens is 456 g/mol. The number of nitrogens with one attached hydrogen (secondary N) is 2. The molecule has 0 bridgehead atoms. The summed E-state index contributed by atoms with van der Waals surface area (Å²) >= 11 is 0. The smallest absolute Gasteiger partial charge is 0.241 e. The Bertz CT molecular complexity index is 1080. The van der Waals surface area contributed by atoms with Gasteiger partial charge in [0, 0.05) is 44.1 Å². The third-order valence-corrected chi connectivity index (χ3v) is 8.64. The summed E-state index contributed by atoms with van der Waals surface area (Å²) in [7, 11) is 0.281. The maximum Gasteiger partial charge on any atom is 0.241 e. The molecule has 2 aromatic rings. The highest BCUT2D eigenvalue weighted by atomic mass is 32.2. The molecule has 1 aliphatic carbocycles. The van der Waals surface area contributed by atoms with Gasteiger partial charge >= 0.3 is 0 Å². The number of sulfonamides is 1. The summed E-state index contributed by atoms with van der Waals surface area (Å²) in [4.78, 5) is 7.00. The second kappa shape index (κ2) is 11.3. The van der Waals surface area contributed by atoms with Crippen molar-refractivity contribution in [2.24, 2.45) is 0 Å². The van der Waals surface area contributed by atoms with Crippen LogP contribution in [0.25, 0.3) is 0 Å². The van der Waals surface area contributed by atoms with E-state index < -0.39 is 10.0 Å². The predicted octanol–water partition coefficient (Wildman–Crippen LogP) is 6.22. The molecule has 1 heterocycles. The van der Waals surface area contributed by atoms with Gasteiger partial charge in [-0.2, -0.15) is 0 Å². The lowest BCUT2D eigenvalue weighted by Gasteiger charge is -2.34. The van der Waals surface area contributed by atoms with Crippen LogP contribution in [-0.2, 0) is 10.0 Å². The molecule has 0 spiro atoms. The number of benzene rings is 1. The van der Waals surface area contributed by atoms with Gasteiger partial charge in [-0.05, 0) is 53.4 Å². The average Bonchev–Trinajstić information content (AvgIpc) is 2.79. The first-order valence-electron chi connectivity index (χ1n) is 13.0. The minimum atomic E-state index is -3.72. The van der Waals surface area contributed by atoms with Gasteiger partial charge in [0.2, 0.25) is 10.0 Å². The van der Waals surface area contributed by atoms with Gasteiger partial charge in [0.25, 0.3) is 0 Å². The van der Waals surface area contributed by atoms with Crippen molar-refractivity contribution in [1.82, 2.24) is 9.71 Å². The second-order valence-corrected chi connectivity index (χ2v) is 12.7. The highest BCUT2D eigenvalue weighted by molar-refractivity contribution is 7.89. The molecule has 2 unspecified atom stereocenters. The summed E-state index contributed by atoms with van der Waals surface area (Å²) in [5, 5.41) is 3.53. The molecule has 2 N–H and O–H groups in total. The molecule has 35 heavy (non-hydrogen) atoms. The standard InChI is InChI=1S/C28H44N4O2S/c1-18(2)21-15-23(19(3)4)28(24(16-21)20(5)6)35(33,34)31-26-12-10-9-11-25(26)30-27-17-22(32(7)8)13-14-29-27/h13-20,25-26,31H,9-12H2,1-8H3,(H,29,30). The zero-order valence-electron chi connectivity index (χ0n) is 22.7. The van der Waals surface area contributed by atoms with Gasteiger partial charge in [0.1, 0.15) is 5.82 Å². The highest BCUT2D eigenvalue weighted by Gasteiger charge is 2.33. The van der Waals surface area contributed by atoms with Crippen molar-refractivity contribution in [3.63, 3.8) is 0 Å². The minimum Gasteiger partial charge on any atom is -0.378 e. The Morgan fingerprint density at radius 2 is 1.46 bits per heavy atom. The van der Waals surface area contributed by atoms with Crippen LogP contribution < -0.4 is 14.9 Å². The molecule has 1 aromatic carbocycles. The maximum absolute atomic E-state index is 14.0. The fraction of sp³-hybridized carbons (Fsp3) is 0.607. The zero-order valence-corrected chi connectivity index (χ0v) is 23.5. The fourth-order valence-corrected chi connectivity index (χ4v) is 6.88. The number of aromatic nitrogens is 1. The molecule has 7 heteroatoms. The number of hydrogen-bond donors (Lipinski definition) is 2. The van der Waals surface area contributed by atoms with E-state index >= 15 is 0 Å². The lowest BCUT2D eigenvalue weighted by Crippen LogP contribution is -2.48. The van der Waals surface area contributed by atoms with Crippen molar-refractivity contribution in [3.05, 3.63) is 47.2 Å². The topological polar surface area (TPSA) is 74.3 Å². The summed E-state index contributed by atoms with van der Waals surface area (Å²) in [5.41, 5.74) is 4.07. The number of hydrogen-bond acceptors (Lipinski definition) is 5. The lowest BCUT2D eigenvalue weighted by atomic mass is 9.89. The van der Waals surface area contributed by atoms with Crippen molar-refractivity contribution >= 4 is 21.5 Å². The molecular formula is C28H44N4O2S. The van der Waals surface area contributed by atoms with E-state index in [0.717, 1.165) is 48.3 Å². The Morgan fingerprint density at radius 3 is 1.97 bits per heavy atom. The molecule has 0 saturated heterocycles. The summed E-state index contributed by atoms with van der Waals surface area (Å²) < 4.78 is 31.2. The van der Waals surface area contributed by atoms with Crippen LogP contribution >= 0.6 is 0 Å². The normalized spacial score (nSPS) is 18.9.